The maximum absolute atomic E-state index is 12.2. The van der Waals surface area contributed by atoms with Gasteiger partial charge in [-0.3, -0.25) is 14.3 Å². The Morgan fingerprint density at radius 3 is 2.45 bits per heavy atom. The number of morpholine rings is 2. The first-order valence-corrected chi connectivity index (χ1v) is 13.9. The van der Waals surface area contributed by atoms with Crippen molar-refractivity contribution in [3.8, 4) is 6.07 Å². The number of hydroxylamine groups is 4. The normalized spacial score (nSPS) is 34.5. The molecule has 8 atom stereocenters. The standard InChI is InChI=1S/C15H21N4O6P.C7H12NO3.2CH4O.U/c1-15-9-19(22-2)11(12(15)25-26(3)23-8-4-6-16)13(24-15)18-7-5-10(20)17-14(18)21;1-7-4-8(10-2)5(3-11-7)6(7)9;2*1-2;/h5,7,11-13H,4,8-9H2,1-3H3,(H,17,20,21);3,5-6,9H,4H2,1-2H3;2*2H,1H3;/q;-1;;;/t11-,12+,13-,15+,26?;5-,6-,7-;;;/m10.../s1/i2*1D;2*2T;. The Morgan fingerprint density at radius 1 is 1.29 bits per heavy atom. The molecule has 1 aromatic heterocycles. The van der Waals surface area contributed by atoms with Gasteiger partial charge in [0.15, 0.2) is 14.6 Å². The molecule has 4 aliphatic rings. The Balaban J connectivity index is 0.000000460. The fourth-order valence-corrected chi connectivity index (χ4v) is 5.85. The zero-order chi connectivity index (χ0) is 33.8. The number of aliphatic hydroxyl groups is 3. The third-order valence-electron chi connectivity index (χ3n) is 6.64. The van der Waals surface area contributed by atoms with Crippen LogP contribution in [0.1, 0.15) is 29.2 Å². The van der Waals surface area contributed by atoms with E-state index in [1.165, 1.54) is 38.2 Å². The molecular formula is C24H41N5O11PU-. The van der Waals surface area contributed by atoms with E-state index in [4.69, 9.17) is 39.1 Å². The minimum absolute atomic E-state index is 0. The van der Waals surface area contributed by atoms with Crippen LogP contribution in [0.5, 0.6) is 0 Å². The van der Waals surface area contributed by atoms with Gasteiger partial charge >= 0.3 is 5.69 Å². The van der Waals surface area contributed by atoms with Crippen LogP contribution in [0.3, 0.4) is 0 Å². The number of fused-ring (bicyclic) bond motifs is 4. The summed E-state index contributed by atoms with van der Waals surface area (Å²) in [6, 6.07) is 2.52. The Hall–Kier alpha value is -0.788. The number of nitrogens with one attached hydrogen (secondary N) is 1. The summed E-state index contributed by atoms with van der Waals surface area (Å²) in [4.78, 5) is 36.2. The van der Waals surface area contributed by atoms with E-state index in [1.54, 1.807) is 30.5 Å². The second kappa shape index (κ2) is 17.6. The topological polar surface area (TPSA) is 201 Å². The summed E-state index contributed by atoms with van der Waals surface area (Å²) < 4.78 is 50.9. The maximum atomic E-state index is 12.2. The van der Waals surface area contributed by atoms with Crippen LogP contribution in [-0.2, 0) is 28.2 Å². The van der Waals surface area contributed by atoms with Gasteiger partial charge in [0.25, 0.3) is 5.56 Å². The molecule has 1 aromatic rings. The molecule has 0 amide bonds. The summed E-state index contributed by atoms with van der Waals surface area (Å²) in [6.07, 6.45) is -0.385. The Labute approximate surface area is 275 Å². The average molecular weight is 851 g/mol. The average Bonchev–Trinajstić information content (AvgIpc) is 3.70. The van der Waals surface area contributed by atoms with Crippen molar-refractivity contribution >= 4 is 8.38 Å². The van der Waals surface area contributed by atoms with Gasteiger partial charge in [0.1, 0.15) is 17.7 Å². The number of nitrogens with zero attached hydrogens (tertiary/aromatic N) is 4. The fourth-order valence-electron chi connectivity index (χ4n) is 4.80. The van der Waals surface area contributed by atoms with Gasteiger partial charge < -0.3 is 43.5 Å². The van der Waals surface area contributed by atoms with E-state index in [0.29, 0.717) is 13.1 Å². The van der Waals surface area contributed by atoms with Gasteiger partial charge in [-0.05, 0) is 19.8 Å². The Kier molecular flexibility index (Phi) is 13.7. The molecular weight excluding hydrogens is 803 g/mol. The summed E-state index contributed by atoms with van der Waals surface area (Å²) in [6.45, 7) is 4.28. The molecule has 4 N–H and O–H groups in total. The molecule has 4 saturated heterocycles. The molecule has 238 valence electrons. The van der Waals surface area contributed by atoms with Gasteiger partial charge in [0.2, 0.25) is 2.86 Å². The minimum atomic E-state index is -1.32. The van der Waals surface area contributed by atoms with E-state index < -0.39 is 55.3 Å². The van der Waals surface area contributed by atoms with E-state index in [-0.39, 0.29) is 64.0 Å². The van der Waals surface area contributed by atoms with Crippen LogP contribution in [0, 0.1) is 49.1 Å². The molecule has 0 saturated carbocycles. The van der Waals surface area contributed by atoms with Gasteiger partial charge in [0, 0.05) is 67.0 Å². The van der Waals surface area contributed by atoms with Crippen molar-refractivity contribution in [3.63, 3.8) is 0 Å². The van der Waals surface area contributed by atoms with E-state index in [2.05, 4.69) is 15.2 Å². The smallest absolute Gasteiger partial charge is 0.330 e. The van der Waals surface area contributed by atoms with Crippen LogP contribution in [0.15, 0.2) is 21.9 Å². The second-order valence-corrected chi connectivity index (χ2v) is 10.4. The maximum Gasteiger partial charge on any atom is 0.330 e. The molecule has 42 heavy (non-hydrogen) atoms. The van der Waals surface area contributed by atoms with E-state index >= 15 is 0 Å². The van der Waals surface area contributed by atoms with E-state index in [1.807, 2.05) is 6.07 Å². The van der Waals surface area contributed by atoms with Crippen LogP contribution >= 0.6 is 8.38 Å². The van der Waals surface area contributed by atoms with E-state index in [9.17, 15) is 14.7 Å². The summed E-state index contributed by atoms with van der Waals surface area (Å²) >= 11 is 0. The molecule has 0 aliphatic carbocycles. The number of hydrogen-bond donors (Lipinski definition) is 4. The van der Waals surface area contributed by atoms with Crippen molar-refractivity contribution in [2.75, 3.05) is 54.8 Å². The summed E-state index contributed by atoms with van der Waals surface area (Å²) in [5.74, 6) is 0. The minimum Gasteiger partial charge on any atom is -0.543 e. The van der Waals surface area contributed by atoms with Gasteiger partial charge in [-0.1, -0.05) is 0 Å². The Morgan fingerprint density at radius 2 is 1.93 bits per heavy atom. The van der Waals surface area contributed by atoms with Crippen molar-refractivity contribution in [2.45, 2.75) is 61.9 Å². The molecule has 4 aliphatic heterocycles. The number of aliphatic hydroxyl groups excluding tert-OH is 3. The molecule has 5 heterocycles. The molecule has 0 aromatic carbocycles. The summed E-state index contributed by atoms with van der Waals surface area (Å²) in [5, 5.41) is 28.6. The van der Waals surface area contributed by atoms with Gasteiger partial charge in [-0.25, -0.2) is 9.86 Å². The van der Waals surface area contributed by atoms with Crippen molar-refractivity contribution in [2.24, 2.45) is 0 Å². The number of H-pyrrole nitrogens is 1. The van der Waals surface area contributed by atoms with Crippen LogP contribution in [0.25, 0.3) is 0 Å². The molecule has 4 bridgehead atoms. The van der Waals surface area contributed by atoms with Crippen molar-refractivity contribution < 1.29 is 77.4 Å². The number of rotatable bonds is 8. The summed E-state index contributed by atoms with van der Waals surface area (Å²) in [7, 11) is 4.32. The molecule has 4 fully saturated rings. The molecule has 0 spiro atoms. The number of aromatic nitrogens is 2. The van der Waals surface area contributed by atoms with Crippen molar-refractivity contribution in [1.82, 2.24) is 19.7 Å². The zero-order valence-electron chi connectivity index (χ0n) is 28.1. The fraction of sp³-hybridized carbons (Fsp3) is 0.750. The van der Waals surface area contributed by atoms with Gasteiger partial charge in [-0.2, -0.15) is 16.9 Å². The first kappa shape index (κ1) is 32.6. The largest absolute Gasteiger partial charge is 0.543 e. The third kappa shape index (κ3) is 8.47. The quantitative estimate of drug-likeness (QED) is 0.142. The Bertz CT molecular complexity index is 1210. The predicted octanol–water partition coefficient (Wildman–Crippen LogP) is -0.913. The van der Waals surface area contributed by atoms with Crippen LogP contribution in [-0.4, -0.2) is 128 Å². The van der Waals surface area contributed by atoms with Crippen LogP contribution in [0.2, 0.25) is 0 Å². The number of aromatic amines is 1. The van der Waals surface area contributed by atoms with Crippen molar-refractivity contribution in [3.05, 3.63) is 39.7 Å². The second-order valence-electron chi connectivity index (χ2n) is 9.06. The number of nitriles is 1. The van der Waals surface area contributed by atoms with Gasteiger partial charge in [-0.15, -0.1) is 0 Å². The van der Waals surface area contributed by atoms with Gasteiger partial charge in [0.05, 0.1) is 58.1 Å². The third-order valence-corrected chi connectivity index (χ3v) is 7.71. The van der Waals surface area contributed by atoms with Crippen LogP contribution < -0.4 is 11.2 Å². The van der Waals surface area contributed by atoms with Crippen molar-refractivity contribution in [1.29, 1.82) is 8.12 Å². The first-order chi connectivity index (χ1) is 21.5. The SMILES string of the molecule is [2H]C[C@@]12CN(OC)[C@@H]([C@H](n3ccc(=O)[nH]c3=O)O1)[C@@H]2OP(C)OCCC#N.[2H]C[C@@]12CN(OC)[C@@H]([CH-]O1)[C@@H]2O.[3H]OC.[3H]OC.[U]. The summed E-state index contributed by atoms with van der Waals surface area (Å²) in [5.41, 5.74) is -2.87. The zero-order valence-corrected chi connectivity index (χ0v) is 29.2. The molecule has 18 heteroatoms. The van der Waals surface area contributed by atoms with Crippen LogP contribution in [0.4, 0.5) is 0 Å². The number of ether oxygens (including phenoxy) is 2. The molecule has 16 nitrogen and oxygen atoms in total. The predicted molar refractivity (Wildman–Crippen MR) is 145 cm³/mol. The van der Waals surface area contributed by atoms with E-state index in [0.717, 1.165) is 0 Å². The first-order valence-electron chi connectivity index (χ1n) is 14.5. The molecule has 1 unspecified atom stereocenters. The molecule has 5 rings (SSSR count). The number of hydrogen-bond acceptors (Lipinski definition) is 14. The monoisotopic (exact) mass is 850 g/mol. The molecule has 0 radical (unpaired) electrons.